The van der Waals surface area contributed by atoms with Crippen molar-refractivity contribution in [2.75, 3.05) is 6.61 Å². The number of aromatic hydroxyl groups is 1. The van der Waals surface area contributed by atoms with Crippen molar-refractivity contribution in [3.8, 4) is 5.75 Å². The standard InChI is InChI=1S/C18H17Cl2NO4/c1-2-25-18(24)15(17(23)11-6-4-3-5-7-11)21-10-12-8-13(19)9-14(20)16(12)22/h3-10,15,17,22-23H,2H2,1H3/t15-,17-/m0/s1. The summed E-state index contributed by atoms with van der Waals surface area (Å²) < 4.78 is 4.99. The lowest BCUT2D eigenvalue weighted by Gasteiger charge is -2.18. The molecule has 132 valence electrons. The molecule has 5 nitrogen and oxygen atoms in total. The van der Waals surface area contributed by atoms with Crippen molar-refractivity contribution in [1.29, 1.82) is 0 Å². The summed E-state index contributed by atoms with van der Waals surface area (Å²) in [6.45, 7) is 1.82. The number of hydrogen-bond donors (Lipinski definition) is 2. The van der Waals surface area contributed by atoms with Gasteiger partial charge in [-0.2, -0.15) is 0 Å². The number of ether oxygens (including phenoxy) is 1. The molecule has 2 atom stereocenters. The number of phenolic OH excluding ortho intramolecular Hbond substituents is 1. The molecule has 2 aromatic carbocycles. The maximum Gasteiger partial charge on any atom is 0.333 e. The number of benzene rings is 2. The zero-order chi connectivity index (χ0) is 18.4. The predicted octanol–water partition coefficient (Wildman–Crippen LogP) is 3.78. The first kappa shape index (κ1) is 19.2. The zero-order valence-electron chi connectivity index (χ0n) is 13.4. The second-order valence-corrected chi connectivity index (χ2v) is 6.00. The number of carbonyl (C=O) groups excluding carboxylic acids is 1. The fourth-order valence-corrected chi connectivity index (χ4v) is 2.69. The van der Waals surface area contributed by atoms with Crippen LogP contribution in [0, 0.1) is 0 Å². The quantitative estimate of drug-likeness (QED) is 0.589. The number of esters is 1. The van der Waals surface area contributed by atoms with Crippen LogP contribution in [0.4, 0.5) is 0 Å². The average Bonchev–Trinajstić information content (AvgIpc) is 2.60. The first-order valence-electron chi connectivity index (χ1n) is 7.54. The van der Waals surface area contributed by atoms with Gasteiger partial charge in [-0.15, -0.1) is 0 Å². The lowest BCUT2D eigenvalue weighted by Crippen LogP contribution is -2.28. The van der Waals surface area contributed by atoms with Gasteiger partial charge in [-0.25, -0.2) is 4.79 Å². The Balaban J connectivity index is 2.35. The Kier molecular flexibility index (Phi) is 6.82. The highest BCUT2D eigenvalue weighted by molar-refractivity contribution is 6.36. The zero-order valence-corrected chi connectivity index (χ0v) is 14.9. The third-order valence-electron chi connectivity index (χ3n) is 3.40. The van der Waals surface area contributed by atoms with Crippen LogP contribution >= 0.6 is 23.2 Å². The SMILES string of the molecule is CCOC(=O)[C@@H](N=Cc1cc(Cl)cc(Cl)c1O)[C@@H](O)c1ccccc1. The van der Waals surface area contributed by atoms with Crippen molar-refractivity contribution in [3.63, 3.8) is 0 Å². The number of aliphatic hydroxyl groups excluding tert-OH is 1. The monoisotopic (exact) mass is 381 g/mol. The van der Waals surface area contributed by atoms with E-state index in [-0.39, 0.29) is 22.9 Å². The molecule has 0 saturated carbocycles. The predicted molar refractivity (Wildman–Crippen MR) is 97.5 cm³/mol. The number of hydrogen-bond acceptors (Lipinski definition) is 5. The summed E-state index contributed by atoms with van der Waals surface area (Å²) in [5.74, 6) is -0.894. The molecular formula is C18H17Cl2NO4. The van der Waals surface area contributed by atoms with E-state index in [9.17, 15) is 15.0 Å². The lowest BCUT2D eigenvalue weighted by molar-refractivity contribution is -0.147. The molecule has 7 heteroatoms. The van der Waals surface area contributed by atoms with E-state index in [4.69, 9.17) is 27.9 Å². The van der Waals surface area contributed by atoms with Crippen molar-refractivity contribution in [3.05, 3.63) is 63.6 Å². The first-order valence-corrected chi connectivity index (χ1v) is 8.30. The molecule has 25 heavy (non-hydrogen) atoms. The lowest BCUT2D eigenvalue weighted by atomic mass is 10.0. The number of rotatable bonds is 6. The van der Waals surface area contributed by atoms with Crippen LogP contribution in [-0.2, 0) is 9.53 Å². The number of carbonyl (C=O) groups is 1. The summed E-state index contributed by atoms with van der Waals surface area (Å²) in [5, 5.41) is 20.8. The number of nitrogens with zero attached hydrogens (tertiary/aromatic N) is 1. The number of phenols is 1. The fourth-order valence-electron chi connectivity index (χ4n) is 2.18. The van der Waals surface area contributed by atoms with Crippen molar-refractivity contribution >= 4 is 35.4 Å². The molecule has 0 amide bonds. The largest absolute Gasteiger partial charge is 0.506 e. The molecule has 0 aromatic heterocycles. The summed E-state index contributed by atoms with van der Waals surface area (Å²) in [6, 6.07) is 10.3. The Labute approximate surface area is 155 Å². The van der Waals surface area contributed by atoms with E-state index in [1.807, 2.05) is 0 Å². The van der Waals surface area contributed by atoms with E-state index in [0.29, 0.717) is 10.6 Å². The van der Waals surface area contributed by atoms with Gasteiger partial charge in [0, 0.05) is 16.8 Å². The Morgan fingerprint density at radius 3 is 2.60 bits per heavy atom. The summed E-state index contributed by atoms with van der Waals surface area (Å²) in [7, 11) is 0. The molecule has 0 spiro atoms. The van der Waals surface area contributed by atoms with E-state index in [0.717, 1.165) is 0 Å². The third-order valence-corrected chi connectivity index (χ3v) is 3.91. The van der Waals surface area contributed by atoms with Crippen LogP contribution in [0.5, 0.6) is 5.75 Å². The number of aliphatic hydroxyl groups is 1. The minimum Gasteiger partial charge on any atom is -0.506 e. The molecule has 0 heterocycles. The van der Waals surface area contributed by atoms with Crippen molar-refractivity contribution in [2.45, 2.75) is 19.1 Å². The van der Waals surface area contributed by atoms with E-state index >= 15 is 0 Å². The van der Waals surface area contributed by atoms with Gasteiger partial charge >= 0.3 is 5.97 Å². The molecule has 0 unspecified atom stereocenters. The Hall–Kier alpha value is -2.08. The minimum absolute atomic E-state index is 0.0604. The second-order valence-electron chi connectivity index (χ2n) is 5.16. The summed E-state index contributed by atoms with van der Waals surface area (Å²) in [6.07, 6.45) is 0.0363. The van der Waals surface area contributed by atoms with Gasteiger partial charge in [-0.05, 0) is 24.6 Å². The van der Waals surface area contributed by atoms with Gasteiger partial charge in [0.15, 0.2) is 6.04 Å². The van der Waals surface area contributed by atoms with Gasteiger partial charge in [-0.1, -0.05) is 53.5 Å². The van der Waals surface area contributed by atoms with Gasteiger partial charge in [0.05, 0.1) is 11.6 Å². The number of halogens is 2. The highest BCUT2D eigenvalue weighted by Gasteiger charge is 2.28. The van der Waals surface area contributed by atoms with E-state index in [1.165, 1.54) is 18.3 Å². The summed E-state index contributed by atoms with van der Waals surface area (Å²) in [5.41, 5.74) is 0.748. The highest BCUT2D eigenvalue weighted by Crippen LogP contribution is 2.30. The topological polar surface area (TPSA) is 79.1 Å². The van der Waals surface area contributed by atoms with Crippen LogP contribution in [0.15, 0.2) is 47.5 Å². The second kappa shape index (κ2) is 8.85. The van der Waals surface area contributed by atoms with Gasteiger partial charge in [-0.3, -0.25) is 4.99 Å². The molecule has 2 rings (SSSR count). The molecular weight excluding hydrogens is 365 g/mol. The maximum absolute atomic E-state index is 12.2. The molecule has 0 radical (unpaired) electrons. The van der Waals surface area contributed by atoms with Gasteiger partial charge < -0.3 is 14.9 Å². The van der Waals surface area contributed by atoms with Crippen LogP contribution < -0.4 is 0 Å². The van der Waals surface area contributed by atoms with E-state index < -0.39 is 18.1 Å². The average molecular weight is 382 g/mol. The Bertz CT molecular complexity index is 765. The van der Waals surface area contributed by atoms with Crippen LogP contribution in [0.3, 0.4) is 0 Å². The summed E-state index contributed by atoms with van der Waals surface area (Å²) in [4.78, 5) is 16.3. The Morgan fingerprint density at radius 2 is 1.96 bits per heavy atom. The minimum atomic E-state index is -1.20. The van der Waals surface area contributed by atoms with Gasteiger partial charge in [0.2, 0.25) is 0 Å². The molecule has 2 aromatic rings. The van der Waals surface area contributed by atoms with Crippen LogP contribution in [0.2, 0.25) is 10.0 Å². The van der Waals surface area contributed by atoms with Gasteiger partial charge in [0.1, 0.15) is 11.9 Å². The van der Waals surface area contributed by atoms with Crippen LogP contribution in [0.1, 0.15) is 24.2 Å². The fraction of sp³-hybridized carbons (Fsp3) is 0.222. The molecule has 0 fully saturated rings. The van der Waals surface area contributed by atoms with Crippen LogP contribution in [-0.4, -0.2) is 35.0 Å². The van der Waals surface area contributed by atoms with Crippen molar-refractivity contribution < 1.29 is 19.7 Å². The van der Waals surface area contributed by atoms with Crippen molar-refractivity contribution in [1.82, 2.24) is 0 Å². The molecule has 0 aliphatic heterocycles. The smallest absolute Gasteiger partial charge is 0.333 e. The number of aliphatic imine (C=N–C) groups is 1. The van der Waals surface area contributed by atoms with E-state index in [1.54, 1.807) is 37.3 Å². The normalized spacial score (nSPS) is 13.6. The molecule has 0 aliphatic rings. The van der Waals surface area contributed by atoms with Crippen molar-refractivity contribution in [2.24, 2.45) is 4.99 Å². The molecule has 2 N–H and O–H groups in total. The Morgan fingerprint density at radius 1 is 1.28 bits per heavy atom. The van der Waals surface area contributed by atoms with E-state index in [2.05, 4.69) is 4.99 Å². The first-order chi connectivity index (χ1) is 11.9. The third kappa shape index (κ3) is 4.95. The molecule has 0 saturated heterocycles. The summed E-state index contributed by atoms with van der Waals surface area (Å²) >= 11 is 11.8. The maximum atomic E-state index is 12.2. The molecule has 0 bridgehead atoms. The highest BCUT2D eigenvalue weighted by atomic mass is 35.5. The van der Waals surface area contributed by atoms with Crippen LogP contribution in [0.25, 0.3) is 0 Å². The van der Waals surface area contributed by atoms with Gasteiger partial charge in [0.25, 0.3) is 0 Å². The molecule has 0 aliphatic carbocycles.